The number of carbonyl (C=O) groups excluding carboxylic acids is 2. The second kappa shape index (κ2) is 3.13. The van der Waals surface area contributed by atoms with Crippen molar-refractivity contribution >= 4 is 17.6 Å². The van der Waals surface area contributed by atoms with E-state index < -0.39 is 6.51 Å². The maximum atomic E-state index is 14.1. The number of ether oxygens (including phenoxy) is 1. The SMILES string of the molecule is COc1ccc(C(=O)CCCCCCC[C]23[CH]4[CH]5[CH]6[CH]2[Fe]56432789[CH]3[CH]2[CH]7[C]8(C(=O)C=Cc2ccccc2)[CH]39)cc1. The molecule has 0 saturated carbocycles. The van der Waals surface area contributed by atoms with Crippen molar-refractivity contribution in [1.82, 2.24) is 0 Å². The van der Waals surface area contributed by atoms with Crippen LogP contribution in [-0.2, 0) is 11.3 Å². The fourth-order valence-electron chi connectivity index (χ4n) is 21.4. The molecule has 10 aliphatic heterocycles. The summed E-state index contributed by atoms with van der Waals surface area (Å²) < 4.78 is 6.28. The first-order valence-electron chi connectivity index (χ1n) is 15.0. The molecule has 10 saturated heterocycles. The first kappa shape index (κ1) is 19.8. The molecule has 10 heterocycles. The molecule has 0 aromatic heterocycles. The first-order valence-corrected chi connectivity index (χ1v) is 21.2. The Morgan fingerprint density at radius 3 is 2.08 bits per heavy atom. The molecule has 3 nitrogen and oxygen atoms in total. The summed E-state index contributed by atoms with van der Waals surface area (Å²) >= 11 is 0. The normalized spacial score (nSPS) is 61.6. The van der Waals surface area contributed by atoms with Gasteiger partial charge in [-0.15, -0.1) is 0 Å². The number of ketones is 2. The van der Waals surface area contributed by atoms with Crippen LogP contribution in [-0.4, -0.2) is 18.7 Å². The van der Waals surface area contributed by atoms with E-state index in [2.05, 4.69) is 42.5 Å². The van der Waals surface area contributed by atoms with Gasteiger partial charge in [-0.3, -0.25) is 0 Å². The number of unbranched alkanes of at least 4 members (excludes halogenated alkanes) is 4. The van der Waals surface area contributed by atoms with Gasteiger partial charge in [-0.1, -0.05) is 0 Å². The topological polar surface area (TPSA) is 43.4 Å². The Morgan fingerprint density at radius 1 is 0.816 bits per heavy atom. The molecule has 8 unspecified atom stereocenters. The van der Waals surface area contributed by atoms with Gasteiger partial charge in [0.05, 0.1) is 7.11 Å². The Kier molecular flexibility index (Phi) is 1.63. The van der Waals surface area contributed by atoms with Crippen LogP contribution in [0.4, 0.5) is 0 Å². The Labute approximate surface area is 214 Å². The van der Waals surface area contributed by atoms with Crippen molar-refractivity contribution < 1.29 is 20.8 Å². The van der Waals surface area contributed by atoms with E-state index in [1.165, 1.54) is 31.2 Å². The molecule has 4 heteroatoms. The van der Waals surface area contributed by atoms with Crippen LogP contribution in [0.3, 0.4) is 0 Å². The Morgan fingerprint density at radius 2 is 1.45 bits per heavy atom. The summed E-state index contributed by atoms with van der Waals surface area (Å²) in [5, 5.41) is 0. The van der Waals surface area contributed by atoms with Crippen molar-refractivity contribution in [3.63, 3.8) is 0 Å². The van der Waals surface area contributed by atoms with Crippen LogP contribution in [0, 0.1) is 0 Å². The number of fused-ring (bicyclic) bond motifs is 10. The van der Waals surface area contributed by atoms with E-state index in [1.54, 1.807) is 7.11 Å². The second-order valence-electron chi connectivity index (χ2n) is 16.5. The predicted octanol–water partition coefficient (Wildman–Crippen LogP) is 9.02. The van der Waals surface area contributed by atoms with E-state index >= 15 is 0 Å². The van der Waals surface area contributed by atoms with Gasteiger partial charge in [-0.2, -0.15) is 0 Å². The zero-order valence-corrected chi connectivity index (χ0v) is 23.1. The summed E-state index contributed by atoms with van der Waals surface area (Å²) in [4.78, 5) is 35.5. The summed E-state index contributed by atoms with van der Waals surface area (Å²) in [6.07, 6.45) is 12.4. The number of methoxy groups -OCH3 is 1. The molecule has 10 fully saturated rings. The van der Waals surface area contributed by atoms with Crippen molar-refractivity contribution in [3.05, 3.63) is 71.8 Å². The van der Waals surface area contributed by atoms with Crippen molar-refractivity contribution in [1.29, 1.82) is 0 Å². The quantitative estimate of drug-likeness (QED) is 0.109. The van der Waals surface area contributed by atoms with E-state index in [0.29, 0.717) is 16.5 Å². The molecule has 38 heavy (non-hydrogen) atoms. The van der Waals surface area contributed by atoms with Gasteiger partial charge >= 0.3 is 198 Å². The number of hydrogen-bond donors (Lipinski definition) is 0. The van der Waals surface area contributed by atoms with Crippen LogP contribution in [0.2, 0.25) is 47.2 Å². The van der Waals surface area contributed by atoms with Crippen LogP contribution in [0.5, 0.6) is 5.75 Å². The molecule has 10 aliphatic rings. The van der Waals surface area contributed by atoms with Gasteiger partial charge in [0.1, 0.15) is 5.75 Å². The Balaban J connectivity index is 0.734. The molecule has 1 spiro atoms. The number of allylic oxidation sites excluding steroid dienone is 1. The molecular formula is C34H36FeO3. The molecular weight excluding hydrogens is 512 g/mol. The summed E-state index contributed by atoms with van der Waals surface area (Å²) in [6.45, 7) is -3.67. The summed E-state index contributed by atoms with van der Waals surface area (Å²) in [5.41, 5.74) is 1.98. The van der Waals surface area contributed by atoms with Gasteiger partial charge in [-0.25, -0.2) is 0 Å². The van der Waals surface area contributed by atoms with E-state index in [9.17, 15) is 9.59 Å². The molecule has 2 aromatic rings. The van der Waals surface area contributed by atoms with Crippen molar-refractivity contribution in [2.24, 2.45) is 0 Å². The molecule has 12 rings (SSSR count). The van der Waals surface area contributed by atoms with Crippen molar-refractivity contribution in [2.75, 3.05) is 7.11 Å². The van der Waals surface area contributed by atoms with Crippen LogP contribution in [0.25, 0.3) is 6.08 Å². The Hall–Kier alpha value is -2.16. The number of hydrogen-bond acceptors (Lipinski definition) is 3. The fourth-order valence-corrected chi connectivity index (χ4v) is 98.4. The third kappa shape index (κ3) is 0.501. The average molecular weight is 549 g/mol. The van der Waals surface area contributed by atoms with Crippen LogP contribution >= 0.6 is 0 Å². The summed E-state index contributed by atoms with van der Waals surface area (Å²) in [5.74, 6) is 1.67. The van der Waals surface area contributed by atoms with E-state index in [4.69, 9.17) is 4.74 Å². The van der Waals surface area contributed by atoms with Gasteiger partial charge in [0, 0.05) is 0 Å². The maximum absolute atomic E-state index is 14.1. The molecule has 2 aromatic carbocycles. The molecule has 0 aliphatic carbocycles. The first-order chi connectivity index (χ1) is 18.4. The minimum absolute atomic E-state index is 0.252. The van der Waals surface area contributed by atoms with E-state index in [-0.39, 0.29) is 5.78 Å². The zero-order valence-electron chi connectivity index (χ0n) is 22.0. The van der Waals surface area contributed by atoms with Gasteiger partial charge in [-0.05, 0) is 0 Å². The van der Waals surface area contributed by atoms with Crippen LogP contribution < -0.4 is 4.74 Å². The molecule has 0 radical (unpaired) electrons. The molecule has 0 N–H and O–H groups in total. The van der Waals surface area contributed by atoms with E-state index in [1.807, 2.05) is 24.3 Å². The standard InChI is InChI=1S/C20H25O2.C14H11O.Fe/c1-22-19-15-13-18(14-16-19)20(21)12-6-4-2-3-5-9-17-10-7-8-11-17;15-14(13-8-4-5-9-13)11-10-12-6-2-1-3-7-12;/h7-8,10-11,13-16H,2-6,9,12H2,1H3;1-11H;. The average Bonchev–Trinajstić information content (AvgIpc) is 3.91. The van der Waals surface area contributed by atoms with Gasteiger partial charge in [0.25, 0.3) is 0 Å². The number of carbonyl (C=O) groups is 2. The van der Waals surface area contributed by atoms with Crippen LogP contribution in [0.15, 0.2) is 60.7 Å². The fraction of sp³-hybridized carbons (Fsp3) is 0.529. The van der Waals surface area contributed by atoms with Crippen molar-refractivity contribution in [2.45, 2.75) is 92.1 Å². The molecule has 8 atom stereocenters. The Bertz CT molecular complexity index is 1920. The number of benzene rings is 2. The van der Waals surface area contributed by atoms with Gasteiger partial charge in [0.2, 0.25) is 0 Å². The minimum atomic E-state index is -3.67. The number of rotatable bonds is 13. The monoisotopic (exact) mass is 548 g/mol. The van der Waals surface area contributed by atoms with Gasteiger partial charge < -0.3 is 4.74 Å². The predicted molar refractivity (Wildman–Crippen MR) is 146 cm³/mol. The van der Waals surface area contributed by atoms with E-state index in [0.717, 1.165) is 67.0 Å². The third-order valence-corrected chi connectivity index (χ3v) is 63.5. The van der Waals surface area contributed by atoms with Crippen molar-refractivity contribution in [3.8, 4) is 5.75 Å². The summed E-state index contributed by atoms with van der Waals surface area (Å²) in [7, 11) is 1.65. The second-order valence-corrected chi connectivity index (χ2v) is 39.8. The molecule has 0 amide bonds. The summed E-state index contributed by atoms with van der Waals surface area (Å²) in [6, 6.07) is 18.0. The zero-order chi connectivity index (χ0) is 25.3. The third-order valence-electron chi connectivity index (χ3n) is 20.1. The van der Waals surface area contributed by atoms with Crippen LogP contribution in [0.1, 0.15) is 60.9 Å². The molecule has 198 valence electrons. The number of Topliss-reactive ketones (excluding diaryl/α,β-unsaturated/α-hetero) is 1. The van der Waals surface area contributed by atoms with Gasteiger partial charge in [0.15, 0.2) is 0 Å². The molecule has 0 bridgehead atoms.